The van der Waals surface area contributed by atoms with Gasteiger partial charge in [-0.3, -0.25) is 0 Å². The predicted molar refractivity (Wildman–Crippen MR) is 51.5 cm³/mol. The third-order valence-electron chi connectivity index (χ3n) is 1.59. The van der Waals surface area contributed by atoms with Crippen molar-refractivity contribution in [3.63, 3.8) is 0 Å². The molecule has 0 fully saturated rings. The predicted octanol–water partition coefficient (Wildman–Crippen LogP) is 2.14. The lowest BCUT2D eigenvalue weighted by Gasteiger charge is -2.02. The molecule has 0 saturated heterocycles. The van der Waals surface area contributed by atoms with Gasteiger partial charge >= 0.3 is 5.97 Å². The van der Waals surface area contributed by atoms with Gasteiger partial charge in [0.25, 0.3) is 0 Å². The lowest BCUT2D eigenvalue weighted by Crippen LogP contribution is -1.95. The molecule has 0 spiro atoms. The number of aliphatic carboxylic acids is 1. The van der Waals surface area contributed by atoms with Crippen LogP contribution in [0.5, 0.6) is 0 Å². The van der Waals surface area contributed by atoms with E-state index < -0.39 is 11.8 Å². The SMILES string of the molecule is Cc1ccc(F)c(N/C=C/C(=O)O)c1. The van der Waals surface area contributed by atoms with E-state index in [2.05, 4.69) is 5.32 Å². The number of hydrogen-bond acceptors (Lipinski definition) is 2. The molecule has 1 aromatic rings. The molecular formula is C10H10FNO2. The molecule has 4 heteroatoms. The first-order valence-electron chi connectivity index (χ1n) is 4.02. The minimum atomic E-state index is -1.08. The van der Waals surface area contributed by atoms with E-state index in [9.17, 15) is 9.18 Å². The first kappa shape index (κ1) is 10.2. The van der Waals surface area contributed by atoms with Gasteiger partial charge in [0.15, 0.2) is 0 Å². The summed E-state index contributed by atoms with van der Waals surface area (Å²) in [7, 11) is 0. The molecule has 0 atom stereocenters. The molecule has 0 aliphatic carbocycles. The fourth-order valence-corrected chi connectivity index (χ4v) is 0.952. The van der Waals surface area contributed by atoms with Crippen LogP contribution in [0.2, 0.25) is 0 Å². The van der Waals surface area contributed by atoms with Crippen molar-refractivity contribution < 1.29 is 14.3 Å². The summed E-state index contributed by atoms with van der Waals surface area (Å²) in [6, 6.07) is 4.56. The summed E-state index contributed by atoms with van der Waals surface area (Å²) in [5.41, 5.74) is 1.17. The summed E-state index contributed by atoms with van der Waals surface area (Å²) in [5, 5.41) is 10.8. The molecule has 14 heavy (non-hydrogen) atoms. The van der Waals surface area contributed by atoms with E-state index in [1.165, 1.54) is 12.3 Å². The zero-order valence-electron chi connectivity index (χ0n) is 7.62. The molecular weight excluding hydrogens is 185 g/mol. The number of carbonyl (C=O) groups is 1. The van der Waals surface area contributed by atoms with Crippen LogP contribution in [0.3, 0.4) is 0 Å². The molecule has 0 saturated carbocycles. The zero-order valence-corrected chi connectivity index (χ0v) is 7.62. The highest BCUT2D eigenvalue weighted by Crippen LogP contribution is 2.15. The maximum absolute atomic E-state index is 13.1. The van der Waals surface area contributed by atoms with Crippen LogP contribution in [-0.4, -0.2) is 11.1 Å². The van der Waals surface area contributed by atoms with E-state index in [-0.39, 0.29) is 5.69 Å². The minimum Gasteiger partial charge on any atom is -0.478 e. The summed E-state index contributed by atoms with van der Waals surface area (Å²) in [5.74, 6) is -1.49. The Morgan fingerprint density at radius 1 is 1.57 bits per heavy atom. The average molecular weight is 195 g/mol. The van der Waals surface area contributed by atoms with E-state index in [0.29, 0.717) is 0 Å². The number of halogens is 1. The maximum Gasteiger partial charge on any atom is 0.329 e. The molecule has 2 N–H and O–H groups in total. The van der Waals surface area contributed by atoms with Gasteiger partial charge in [-0.2, -0.15) is 0 Å². The summed E-state index contributed by atoms with van der Waals surface area (Å²) in [6.45, 7) is 1.82. The number of carboxylic acid groups (broad SMARTS) is 1. The van der Waals surface area contributed by atoms with Crippen molar-refractivity contribution in [1.29, 1.82) is 0 Å². The number of anilines is 1. The second-order valence-electron chi connectivity index (χ2n) is 2.80. The van der Waals surface area contributed by atoms with Gasteiger partial charge in [-0.05, 0) is 24.6 Å². The molecule has 0 aliphatic heterocycles. The van der Waals surface area contributed by atoms with Crippen molar-refractivity contribution in [2.24, 2.45) is 0 Å². The highest BCUT2D eigenvalue weighted by Gasteiger charge is 1.98. The van der Waals surface area contributed by atoms with Gasteiger partial charge in [0.05, 0.1) is 5.69 Å². The Bertz CT molecular complexity index is 374. The van der Waals surface area contributed by atoms with Gasteiger partial charge in [-0.1, -0.05) is 6.07 Å². The molecule has 0 amide bonds. The molecule has 1 rings (SSSR count). The van der Waals surface area contributed by atoms with Crippen molar-refractivity contribution in [2.45, 2.75) is 6.92 Å². The quantitative estimate of drug-likeness (QED) is 0.726. The van der Waals surface area contributed by atoms with Gasteiger partial charge in [0.2, 0.25) is 0 Å². The van der Waals surface area contributed by atoms with Crippen molar-refractivity contribution in [2.75, 3.05) is 5.32 Å². The van der Waals surface area contributed by atoms with Crippen LogP contribution < -0.4 is 5.32 Å². The number of carboxylic acids is 1. The Labute approximate surface area is 80.9 Å². The van der Waals surface area contributed by atoms with Crippen LogP contribution in [0.25, 0.3) is 0 Å². The highest BCUT2D eigenvalue weighted by molar-refractivity contribution is 5.80. The smallest absolute Gasteiger partial charge is 0.329 e. The summed E-state index contributed by atoms with van der Waals surface area (Å²) in [4.78, 5) is 10.1. The van der Waals surface area contributed by atoms with Gasteiger partial charge in [0, 0.05) is 12.3 Å². The van der Waals surface area contributed by atoms with E-state index >= 15 is 0 Å². The second kappa shape index (κ2) is 4.41. The van der Waals surface area contributed by atoms with E-state index in [1.807, 2.05) is 6.92 Å². The number of rotatable bonds is 3. The molecule has 0 radical (unpaired) electrons. The third kappa shape index (κ3) is 2.90. The van der Waals surface area contributed by atoms with E-state index in [1.54, 1.807) is 12.1 Å². The molecule has 0 bridgehead atoms. The van der Waals surface area contributed by atoms with Crippen molar-refractivity contribution >= 4 is 11.7 Å². The van der Waals surface area contributed by atoms with Gasteiger partial charge in [-0.15, -0.1) is 0 Å². The summed E-state index contributed by atoms with van der Waals surface area (Å²) in [6.07, 6.45) is 2.09. The van der Waals surface area contributed by atoms with Gasteiger partial charge < -0.3 is 10.4 Å². The van der Waals surface area contributed by atoms with Crippen molar-refractivity contribution in [1.82, 2.24) is 0 Å². The monoisotopic (exact) mass is 195 g/mol. The standard InChI is InChI=1S/C10H10FNO2/c1-7-2-3-8(11)9(6-7)12-5-4-10(13)14/h2-6,12H,1H3,(H,13,14)/b5-4+. The molecule has 0 unspecified atom stereocenters. The fraction of sp³-hybridized carbons (Fsp3) is 0.100. The topological polar surface area (TPSA) is 49.3 Å². The van der Waals surface area contributed by atoms with Crippen LogP contribution in [0.15, 0.2) is 30.5 Å². The Balaban J connectivity index is 2.76. The molecule has 0 aliphatic rings. The lowest BCUT2D eigenvalue weighted by atomic mass is 10.2. The highest BCUT2D eigenvalue weighted by atomic mass is 19.1. The third-order valence-corrected chi connectivity index (χ3v) is 1.59. The van der Waals surface area contributed by atoms with Crippen LogP contribution in [0.1, 0.15) is 5.56 Å². The number of benzene rings is 1. The van der Waals surface area contributed by atoms with E-state index in [4.69, 9.17) is 5.11 Å². The summed E-state index contributed by atoms with van der Waals surface area (Å²) < 4.78 is 13.1. The summed E-state index contributed by atoms with van der Waals surface area (Å²) >= 11 is 0. The maximum atomic E-state index is 13.1. The van der Waals surface area contributed by atoms with Crippen LogP contribution in [0, 0.1) is 12.7 Å². The number of nitrogens with one attached hydrogen (secondary N) is 1. The normalized spacial score (nSPS) is 10.4. The van der Waals surface area contributed by atoms with Crippen LogP contribution >= 0.6 is 0 Å². The largest absolute Gasteiger partial charge is 0.478 e. The minimum absolute atomic E-state index is 0.266. The van der Waals surface area contributed by atoms with Crippen molar-refractivity contribution in [3.05, 3.63) is 41.9 Å². The molecule has 74 valence electrons. The molecule has 0 heterocycles. The first-order chi connectivity index (χ1) is 6.59. The van der Waals surface area contributed by atoms with Gasteiger partial charge in [-0.25, -0.2) is 9.18 Å². The molecule has 3 nitrogen and oxygen atoms in total. The Kier molecular flexibility index (Phi) is 3.23. The second-order valence-corrected chi connectivity index (χ2v) is 2.80. The number of aryl methyl sites for hydroxylation is 1. The molecule has 1 aromatic carbocycles. The Morgan fingerprint density at radius 3 is 2.93 bits per heavy atom. The van der Waals surface area contributed by atoms with Crippen LogP contribution in [-0.2, 0) is 4.79 Å². The Morgan fingerprint density at radius 2 is 2.29 bits per heavy atom. The zero-order chi connectivity index (χ0) is 10.6. The lowest BCUT2D eigenvalue weighted by molar-refractivity contribution is -0.131. The average Bonchev–Trinajstić information content (AvgIpc) is 2.10. The fourth-order valence-electron chi connectivity index (χ4n) is 0.952. The van der Waals surface area contributed by atoms with Crippen LogP contribution in [0.4, 0.5) is 10.1 Å². The Hall–Kier alpha value is -1.84. The van der Waals surface area contributed by atoms with Crippen molar-refractivity contribution in [3.8, 4) is 0 Å². The molecule has 0 aromatic heterocycles. The number of hydrogen-bond donors (Lipinski definition) is 2. The van der Waals surface area contributed by atoms with Gasteiger partial charge in [0.1, 0.15) is 5.82 Å². The van der Waals surface area contributed by atoms with E-state index in [0.717, 1.165) is 11.6 Å². The first-order valence-corrected chi connectivity index (χ1v) is 4.02.